The van der Waals surface area contributed by atoms with Crippen molar-refractivity contribution in [2.45, 2.75) is 19.4 Å². The maximum Gasteiger partial charge on any atom is 0.142 e. The standard InChI is InChI=1S/C14H22N2O/c1-4-11-9-15-10-13(11)16(2)12-7-5-6-8-14(12)17-3/h5-8,11,13,15H,4,9-10H2,1-3H3. The average molecular weight is 234 g/mol. The molecule has 17 heavy (non-hydrogen) atoms. The van der Waals surface area contributed by atoms with E-state index in [0.717, 1.165) is 24.8 Å². The zero-order valence-electron chi connectivity index (χ0n) is 10.9. The van der Waals surface area contributed by atoms with Crippen LogP contribution in [0.15, 0.2) is 24.3 Å². The zero-order chi connectivity index (χ0) is 12.3. The molecule has 1 N–H and O–H groups in total. The number of methoxy groups -OCH3 is 1. The molecule has 1 aliphatic heterocycles. The summed E-state index contributed by atoms with van der Waals surface area (Å²) in [5, 5.41) is 3.48. The van der Waals surface area contributed by atoms with Crippen molar-refractivity contribution < 1.29 is 4.74 Å². The fourth-order valence-electron chi connectivity index (χ4n) is 2.69. The van der Waals surface area contributed by atoms with Gasteiger partial charge in [-0.05, 0) is 18.1 Å². The highest BCUT2D eigenvalue weighted by Crippen LogP contribution is 2.31. The van der Waals surface area contributed by atoms with Gasteiger partial charge in [-0.25, -0.2) is 0 Å². The Labute approximate surface area is 104 Å². The van der Waals surface area contributed by atoms with Crippen LogP contribution in [0.1, 0.15) is 13.3 Å². The SMILES string of the molecule is CCC1CNCC1N(C)c1ccccc1OC. The Morgan fingerprint density at radius 1 is 1.35 bits per heavy atom. The lowest BCUT2D eigenvalue weighted by molar-refractivity contribution is 0.410. The van der Waals surface area contributed by atoms with Crippen molar-refractivity contribution >= 4 is 5.69 Å². The normalized spacial score (nSPS) is 23.7. The van der Waals surface area contributed by atoms with E-state index in [4.69, 9.17) is 4.74 Å². The number of nitrogens with zero attached hydrogens (tertiary/aromatic N) is 1. The van der Waals surface area contributed by atoms with Crippen LogP contribution < -0.4 is 15.0 Å². The minimum Gasteiger partial charge on any atom is -0.495 e. The summed E-state index contributed by atoms with van der Waals surface area (Å²) in [6, 6.07) is 8.80. The molecule has 1 fully saturated rings. The maximum atomic E-state index is 5.43. The van der Waals surface area contributed by atoms with E-state index in [1.54, 1.807) is 7.11 Å². The first-order valence-electron chi connectivity index (χ1n) is 6.34. The highest BCUT2D eigenvalue weighted by Gasteiger charge is 2.29. The minimum atomic E-state index is 0.566. The first kappa shape index (κ1) is 12.2. The maximum absolute atomic E-state index is 5.43. The molecule has 2 rings (SSSR count). The van der Waals surface area contributed by atoms with E-state index in [-0.39, 0.29) is 0 Å². The molecule has 1 heterocycles. The third-order valence-electron chi connectivity index (χ3n) is 3.79. The fraction of sp³-hybridized carbons (Fsp3) is 0.571. The van der Waals surface area contributed by atoms with Crippen molar-refractivity contribution in [3.63, 3.8) is 0 Å². The number of likely N-dealkylation sites (N-methyl/N-ethyl adjacent to an activating group) is 1. The van der Waals surface area contributed by atoms with Gasteiger partial charge in [0.25, 0.3) is 0 Å². The Balaban J connectivity index is 2.21. The van der Waals surface area contributed by atoms with Crippen LogP contribution in [-0.2, 0) is 0 Å². The fourth-order valence-corrected chi connectivity index (χ4v) is 2.69. The van der Waals surface area contributed by atoms with Gasteiger partial charge in [-0.15, -0.1) is 0 Å². The number of para-hydroxylation sites is 2. The molecular weight excluding hydrogens is 212 g/mol. The second kappa shape index (κ2) is 5.41. The van der Waals surface area contributed by atoms with Crippen LogP contribution >= 0.6 is 0 Å². The van der Waals surface area contributed by atoms with E-state index in [0.29, 0.717) is 6.04 Å². The lowest BCUT2D eigenvalue weighted by Gasteiger charge is -2.31. The van der Waals surface area contributed by atoms with E-state index in [2.05, 4.69) is 36.3 Å². The number of rotatable bonds is 4. The predicted molar refractivity (Wildman–Crippen MR) is 71.8 cm³/mol. The number of nitrogens with one attached hydrogen (secondary N) is 1. The zero-order valence-corrected chi connectivity index (χ0v) is 10.9. The molecule has 94 valence electrons. The van der Waals surface area contributed by atoms with Gasteiger partial charge in [0.15, 0.2) is 0 Å². The summed E-state index contributed by atoms with van der Waals surface area (Å²) in [4.78, 5) is 2.35. The van der Waals surface area contributed by atoms with Crippen LogP contribution in [0.5, 0.6) is 5.75 Å². The third-order valence-corrected chi connectivity index (χ3v) is 3.79. The molecule has 1 aliphatic rings. The topological polar surface area (TPSA) is 24.5 Å². The molecule has 3 nitrogen and oxygen atoms in total. The Morgan fingerprint density at radius 2 is 2.12 bits per heavy atom. The van der Waals surface area contributed by atoms with Gasteiger partial charge in [0.2, 0.25) is 0 Å². The molecule has 0 spiro atoms. The molecule has 0 saturated carbocycles. The number of hydrogen-bond acceptors (Lipinski definition) is 3. The minimum absolute atomic E-state index is 0.566. The Bertz CT molecular complexity index is 367. The number of anilines is 1. The van der Waals surface area contributed by atoms with Gasteiger partial charge >= 0.3 is 0 Å². The summed E-state index contributed by atoms with van der Waals surface area (Å²) in [6.07, 6.45) is 1.22. The summed E-state index contributed by atoms with van der Waals surface area (Å²) in [6.45, 7) is 4.45. The number of benzene rings is 1. The summed E-state index contributed by atoms with van der Waals surface area (Å²) in [5.74, 6) is 1.68. The van der Waals surface area contributed by atoms with E-state index in [1.165, 1.54) is 12.1 Å². The van der Waals surface area contributed by atoms with Crippen molar-refractivity contribution in [2.24, 2.45) is 5.92 Å². The second-order valence-corrected chi connectivity index (χ2v) is 4.68. The van der Waals surface area contributed by atoms with Gasteiger partial charge in [-0.1, -0.05) is 25.5 Å². The van der Waals surface area contributed by atoms with E-state index in [9.17, 15) is 0 Å². The Hall–Kier alpha value is -1.22. The van der Waals surface area contributed by atoms with Crippen LogP contribution in [-0.4, -0.2) is 33.3 Å². The summed E-state index contributed by atoms with van der Waals surface area (Å²) in [7, 11) is 3.90. The molecule has 0 aromatic heterocycles. The average Bonchev–Trinajstić information content (AvgIpc) is 2.86. The van der Waals surface area contributed by atoms with Crippen molar-refractivity contribution in [1.82, 2.24) is 5.32 Å². The van der Waals surface area contributed by atoms with Crippen molar-refractivity contribution in [3.8, 4) is 5.75 Å². The van der Waals surface area contributed by atoms with Crippen molar-refractivity contribution in [1.29, 1.82) is 0 Å². The highest BCUT2D eigenvalue weighted by molar-refractivity contribution is 5.58. The third kappa shape index (κ3) is 2.39. The molecule has 0 bridgehead atoms. The van der Waals surface area contributed by atoms with Crippen LogP contribution in [0.3, 0.4) is 0 Å². The number of hydrogen-bond donors (Lipinski definition) is 1. The van der Waals surface area contributed by atoms with Crippen LogP contribution in [0.25, 0.3) is 0 Å². The summed E-state index contributed by atoms with van der Waals surface area (Å²) in [5.41, 5.74) is 1.18. The van der Waals surface area contributed by atoms with Gasteiger partial charge in [-0.2, -0.15) is 0 Å². The molecular formula is C14H22N2O. The first-order valence-corrected chi connectivity index (χ1v) is 6.34. The lowest BCUT2D eigenvalue weighted by Crippen LogP contribution is -2.38. The molecule has 2 atom stereocenters. The van der Waals surface area contributed by atoms with Crippen molar-refractivity contribution in [2.75, 3.05) is 32.1 Å². The largest absolute Gasteiger partial charge is 0.495 e. The van der Waals surface area contributed by atoms with Gasteiger partial charge in [-0.3, -0.25) is 0 Å². The molecule has 1 aromatic rings. The summed E-state index contributed by atoms with van der Waals surface area (Å²) >= 11 is 0. The van der Waals surface area contributed by atoms with Gasteiger partial charge in [0.1, 0.15) is 5.75 Å². The molecule has 1 aromatic carbocycles. The van der Waals surface area contributed by atoms with Crippen LogP contribution in [0.4, 0.5) is 5.69 Å². The Kier molecular flexibility index (Phi) is 3.89. The molecule has 0 amide bonds. The van der Waals surface area contributed by atoms with Gasteiger partial charge in [0, 0.05) is 26.2 Å². The number of ether oxygens (including phenoxy) is 1. The molecule has 2 unspecified atom stereocenters. The second-order valence-electron chi connectivity index (χ2n) is 4.68. The van der Waals surface area contributed by atoms with E-state index in [1.807, 2.05) is 12.1 Å². The molecule has 0 aliphatic carbocycles. The molecule has 0 radical (unpaired) electrons. The van der Waals surface area contributed by atoms with Crippen molar-refractivity contribution in [3.05, 3.63) is 24.3 Å². The Morgan fingerprint density at radius 3 is 2.82 bits per heavy atom. The lowest BCUT2D eigenvalue weighted by atomic mass is 9.99. The van der Waals surface area contributed by atoms with Crippen LogP contribution in [0.2, 0.25) is 0 Å². The quantitative estimate of drug-likeness (QED) is 0.863. The van der Waals surface area contributed by atoms with E-state index >= 15 is 0 Å². The monoisotopic (exact) mass is 234 g/mol. The molecule has 3 heteroatoms. The van der Waals surface area contributed by atoms with E-state index < -0.39 is 0 Å². The summed E-state index contributed by atoms with van der Waals surface area (Å²) < 4.78 is 5.43. The van der Waals surface area contributed by atoms with Crippen LogP contribution in [0, 0.1) is 5.92 Å². The smallest absolute Gasteiger partial charge is 0.142 e. The first-order chi connectivity index (χ1) is 8.27. The van der Waals surface area contributed by atoms with Gasteiger partial charge in [0.05, 0.1) is 12.8 Å². The predicted octanol–water partition coefficient (Wildman–Crippen LogP) is 2.13. The van der Waals surface area contributed by atoms with Gasteiger partial charge < -0.3 is 15.0 Å². The molecule has 1 saturated heterocycles. The highest BCUT2D eigenvalue weighted by atomic mass is 16.5.